The zero-order chi connectivity index (χ0) is 12.8. The number of benzene rings is 1. The molecule has 0 aliphatic heterocycles. The van der Waals surface area contributed by atoms with Crippen molar-refractivity contribution in [1.29, 1.82) is 0 Å². The fourth-order valence-corrected chi connectivity index (χ4v) is 1.41. The van der Waals surface area contributed by atoms with Gasteiger partial charge in [0.15, 0.2) is 5.12 Å². The summed E-state index contributed by atoms with van der Waals surface area (Å²) in [7, 11) is 0. The molecule has 0 unspecified atom stereocenters. The Morgan fingerprint density at radius 1 is 1.41 bits per heavy atom. The van der Waals surface area contributed by atoms with E-state index < -0.39 is 11.8 Å². The summed E-state index contributed by atoms with van der Waals surface area (Å²) in [5.74, 6) is 3.72. The molecule has 1 N–H and O–H groups in total. The van der Waals surface area contributed by atoms with E-state index in [-0.39, 0.29) is 16.2 Å². The predicted octanol–water partition coefficient (Wildman–Crippen LogP) is 2.16. The normalized spacial score (nSPS) is 9.29. The number of thioether (sulfide) groups is 1. The van der Waals surface area contributed by atoms with Crippen LogP contribution >= 0.6 is 11.8 Å². The van der Waals surface area contributed by atoms with E-state index in [9.17, 15) is 14.0 Å². The molecule has 0 saturated carbocycles. The van der Waals surface area contributed by atoms with Gasteiger partial charge in [0.25, 0.3) is 0 Å². The molecule has 0 aromatic heterocycles. The summed E-state index contributed by atoms with van der Waals surface area (Å²) in [6, 6.07) is 3.37. The molecule has 1 rings (SSSR count). The third-order valence-electron chi connectivity index (χ3n) is 1.73. The highest BCUT2D eigenvalue weighted by Gasteiger charge is 2.05. The van der Waals surface area contributed by atoms with Gasteiger partial charge in [0, 0.05) is 12.5 Å². The Labute approximate surface area is 102 Å². The van der Waals surface area contributed by atoms with E-state index in [0.29, 0.717) is 5.75 Å². The molecular weight excluding hydrogens is 243 g/mol. The van der Waals surface area contributed by atoms with Crippen LogP contribution in [-0.4, -0.2) is 21.9 Å². The molecule has 0 fully saturated rings. The van der Waals surface area contributed by atoms with Gasteiger partial charge in [-0.2, -0.15) is 0 Å². The second-order valence-electron chi connectivity index (χ2n) is 3.12. The summed E-state index contributed by atoms with van der Waals surface area (Å²) in [5, 5.41) is 8.66. The van der Waals surface area contributed by atoms with Crippen LogP contribution in [0, 0.1) is 17.7 Å². The molecule has 0 saturated heterocycles. The van der Waals surface area contributed by atoms with Crippen LogP contribution in [0.4, 0.5) is 4.39 Å². The number of halogens is 1. The number of carboxylic acids is 1. The largest absolute Gasteiger partial charge is 0.478 e. The van der Waals surface area contributed by atoms with E-state index in [1.54, 1.807) is 0 Å². The van der Waals surface area contributed by atoms with Gasteiger partial charge in [-0.15, -0.1) is 0 Å². The van der Waals surface area contributed by atoms with Gasteiger partial charge in [0.1, 0.15) is 5.82 Å². The molecule has 0 atom stereocenters. The predicted molar refractivity (Wildman–Crippen MR) is 63.4 cm³/mol. The van der Waals surface area contributed by atoms with Crippen molar-refractivity contribution in [3.8, 4) is 11.8 Å². The van der Waals surface area contributed by atoms with Crippen molar-refractivity contribution in [2.24, 2.45) is 0 Å². The Bertz CT molecular complexity index is 514. The van der Waals surface area contributed by atoms with Gasteiger partial charge in [0.2, 0.25) is 0 Å². The second kappa shape index (κ2) is 6.06. The molecule has 3 nitrogen and oxygen atoms in total. The van der Waals surface area contributed by atoms with E-state index in [2.05, 4.69) is 11.8 Å². The van der Waals surface area contributed by atoms with Gasteiger partial charge in [-0.05, 0) is 18.2 Å². The first-order chi connectivity index (χ1) is 7.99. The molecule has 0 amide bonds. The van der Waals surface area contributed by atoms with Gasteiger partial charge >= 0.3 is 5.97 Å². The summed E-state index contributed by atoms with van der Waals surface area (Å²) in [5.41, 5.74) is 0.139. The lowest BCUT2D eigenvalue weighted by Gasteiger charge is -1.96. The minimum atomic E-state index is -1.20. The van der Waals surface area contributed by atoms with E-state index in [1.165, 1.54) is 13.0 Å². The maximum atomic E-state index is 13.0. The number of hydrogen-bond acceptors (Lipinski definition) is 3. The van der Waals surface area contributed by atoms with Crippen molar-refractivity contribution in [2.75, 3.05) is 5.75 Å². The Morgan fingerprint density at radius 2 is 2.12 bits per heavy atom. The third-order valence-corrected chi connectivity index (χ3v) is 2.42. The first kappa shape index (κ1) is 13.3. The van der Waals surface area contributed by atoms with Crippen LogP contribution in [0.1, 0.15) is 22.8 Å². The molecule has 0 aliphatic rings. The lowest BCUT2D eigenvalue weighted by Crippen LogP contribution is -1.97. The second-order valence-corrected chi connectivity index (χ2v) is 4.27. The average molecular weight is 252 g/mol. The van der Waals surface area contributed by atoms with Crippen molar-refractivity contribution < 1.29 is 19.1 Å². The standard InChI is InChI=1S/C12H9FO3S/c1-8(14)17-4-2-3-9-5-10(12(15)16)7-11(13)6-9/h5-7H,4H2,1H3,(H,15,16). The van der Waals surface area contributed by atoms with Crippen LogP contribution in [-0.2, 0) is 4.79 Å². The Kier molecular flexibility index (Phi) is 4.73. The number of rotatable bonds is 2. The zero-order valence-corrected chi connectivity index (χ0v) is 9.81. The molecule has 5 heteroatoms. The molecule has 0 bridgehead atoms. The highest BCUT2D eigenvalue weighted by Crippen LogP contribution is 2.08. The maximum absolute atomic E-state index is 13.0. The number of aromatic carboxylic acids is 1. The Balaban J connectivity index is 2.84. The van der Waals surface area contributed by atoms with E-state index >= 15 is 0 Å². The molecule has 88 valence electrons. The number of carbonyl (C=O) groups excluding carboxylic acids is 1. The fourth-order valence-electron chi connectivity index (χ4n) is 1.06. The first-order valence-corrected chi connectivity index (χ1v) is 5.63. The zero-order valence-electron chi connectivity index (χ0n) is 8.99. The van der Waals surface area contributed by atoms with Crippen LogP contribution in [0.3, 0.4) is 0 Å². The first-order valence-electron chi connectivity index (χ1n) is 4.65. The topological polar surface area (TPSA) is 54.4 Å². The van der Waals surface area contributed by atoms with E-state index in [4.69, 9.17) is 5.11 Å². The Morgan fingerprint density at radius 3 is 2.71 bits per heavy atom. The minimum Gasteiger partial charge on any atom is -0.478 e. The number of carboxylic acid groups (broad SMARTS) is 1. The summed E-state index contributed by atoms with van der Waals surface area (Å²) < 4.78 is 13.0. The molecule has 0 radical (unpaired) electrons. The fraction of sp³-hybridized carbons (Fsp3) is 0.167. The molecule has 0 heterocycles. The van der Waals surface area contributed by atoms with Gasteiger partial charge in [0.05, 0.1) is 11.3 Å². The average Bonchev–Trinajstić information content (AvgIpc) is 2.23. The van der Waals surface area contributed by atoms with Gasteiger partial charge in [-0.25, -0.2) is 9.18 Å². The van der Waals surface area contributed by atoms with Crippen LogP contribution in [0.25, 0.3) is 0 Å². The van der Waals surface area contributed by atoms with Gasteiger partial charge in [-0.3, -0.25) is 4.79 Å². The Hall–Kier alpha value is -1.80. The van der Waals surface area contributed by atoms with Crippen molar-refractivity contribution in [2.45, 2.75) is 6.92 Å². The van der Waals surface area contributed by atoms with Crippen molar-refractivity contribution >= 4 is 22.8 Å². The monoisotopic (exact) mass is 252 g/mol. The van der Waals surface area contributed by atoms with Crippen LogP contribution in [0.5, 0.6) is 0 Å². The van der Waals surface area contributed by atoms with Gasteiger partial charge in [-0.1, -0.05) is 23.6 Å². The maximum Gasteiger partial charge on any atom is 0.335 e. The summed E-state index contributed by atoms with van der Waals surface area (Å²) >= 11 is 1.04. The lowest BCUT2D eigenvalue weighted by atomic mass is 10.1. The molecular formula is C12H9FO3S. The van der Waals surface area contributed by atoms with Crippen LogP contribution < -0.4 is 0 Å². The summed E-state index contributed by atoms with van der Waals surface area (Å²) in [6.45, 7) is 1.43. The highest BCUT2D eigenvalue weighted by atomic mass is 32.2. The van der Waals surface area contributed by atoms with Crippen molar-refractivity contribution in [3.05, 3.63) is 35.1 Å². The van der Waals surface area contributed by atoms with Crippen molar-refractivity contribution in [1.82, 2.24) is 0 Å². The number of hydrogen-bond donors (Lipinski definition) is 1. The quantitative estimate of drug-likeness (QED) is 0.819. The van der Waals surface area contributed by atoms with Crippen molar-refractivity contribution in [3.63, 3.8) is 0 Å². The summed E-state index contributed by atoms with van der Waals surface area (Å²) in [6.07, 6.45) is 0. The minimum absolute atomic E-state index is 0.0511. The van der Waals surface area contributed by atoms with Crippen LogP contribution in [0.2, 0.25) is 0 Å². The highest BCUT2D eigenvalue weighted by molar-refractivity contribution is 8.13. The smallest absolute Gasteiger partial charge is 0.335 e. The third kappa shape index (κ3) is 4.70. The van der Waals surface area contributed by atoms with Crippen LogP contribution in [0.15, 0.2) is 18.2 Å². The lowest BCUT2D eigenvalue weighted by molar-refractivity contribution is -0.109. The molecule has 0 spiro atoms. The SMILES string of the molecule is CC(=O)SCC#Cc1cc(F)cc(C(=O)O)c1. The molecule has 1 aromatic rings. The summed E-state index contributed by atoms with van der Waals surface area (Å²) in [4.78, 5) is 21.3. The van der Waals surface area contributed by atoms with E-state index in [0.717, 1.165) is 23.9 Å². The van der Waals surface area contributed by atoms with Gasteiger partial charge < -0.3 is 5.11 Å². The number of carbonyl (C=O) groups is 2. The van der Waals surface area contributed by atoms with E-state index in [1.807, 2.05) is 0 Å². The molecule has 17 heavy (non-hydrogen) atoms. The molecule has 1 aromatic carbocycles. The molecule has 0 aliphatic carbocycles.